The number of amides is 2. The van der Waals surface area contributed by atoms with Crippen molar-refractivity contribution in [2.45, 2.75) is 52.5 Å². The molecular weight excluding hydrogens is 326 g/mol. The van der Waals surface area contributed by atoms with E-state index in [1.165, 1.54) is 12.8 Å². The molecule has 2 N–H and O–H groups in total. The number of nitrogens with zero attached hydrogens (tertiary/aromatic N) is 1. The number of likely N-dealkylation sites (tertiary alicyclic amines) is 1. The molecular formula is C21H33N3O2. The van der Waals surface area contributed by atoms with Crippen molar-refractivity contribution in [2.75, 3.05) is 26.2 Å². The van der Waals surface area contributed by atoms with Crippen molar-refractivity contribution in [3.05, 3.63) is 35.4 Å². The lowest BCUT2D eigenvalue weighted by atomic mass is 9.93. The second-order valence-corrected chi connectivity index (χ2v) is 8.10. The topological polar surface area (TPSA) is 61.4 Å². The van der Waals surface area contributed by atoms with Gasteiger partial charge >= 0.3 is 0 Å². The predicted molar refractivity (Wildman–Crippen MR) is 105 cm³/mol. The predicted octanol–water partition coefficient (Wildman–Crippen LogP) is 2.74. The smallest absolute Gasteiger partial charge is 0.251 e. The average Bonchev–Trinajstić information content (AvgIpc) is 2.60. The molecule has 1 heterocycles. The molecule has 26 heavy (non-hydrogen) atoms. The highest BCUT2D eigenvalue weighted by Crippen LogP contribution is 2.23. The maximum absolute atomic E-state index is 12.2. The number of benzene rings is 1. The monoisotopic (exact) mass is 359 g/mol. The van der Waals surface area contributed by atoms with Crippen LogP contribution < -0.4 is 10.6 Å². The molecule has 0 aliphatic carbocycles. The summed E-state index contributed by atoms with van der Waals surface area (Å²) in [4.78, 5) is 26.8. The van der Waals surface area contributed by atoms with Gasteiger partial charge in [0.15, 0.2) is 0 Å². The number of aryl methyl sites for hydroxylation is 1. The minimum absolute atomic E-state index is 0.0202. The fraction of sp³-hybridized carbons (Fsp3) is 0.619. The lowest BCUT2D eigenvalue weighted by Gasteiger charge is -2.43. The van der Waals surface area contributed by atoms with Gasteiger partial charge < -0.3 is 10.6 Å². The molecule has 1 aromatic rings. The summed E-state index contributed by atoms with van der Waals surface area (Å²) in [6.45, 7) is 11.7. The van der Waals surface area contributed by atoms with Crippen LogP contribution >= 0.6 is 0 Å². The van der Waals surface area contributed by atoms with Crippen molar-refractivity contribution in [3.63, 3.8) is 0 Å². The van der Waals surface area contributed by atoms with E-state index >= 15 is 0 Å². The fourth-order valence-electron chi connectivity index (χ4n) is 3.47. The second kappa shape index (κ2) is 9.17. The lowest BCUT2D eigenvalue weighted by Crippen LogP contribution is -2.54. The van der Waals surface area contributed by atoms with Crippen LogP contribution in [0.5, 0.6) is 0 Å². The first-order valence-electron chi connectivity index (χ1n) is 9.65. The van der Waals surface area contributed by atoms with E-state index in [0.717, 1.165) is 24.6 Å². The van der Waals surface area contributed by atoms with Crippen LogP contribution in [-0.4, -0.2) is 48.4 Å². The molecule has 1 fully saturated rings. The molecule has 0 spiro atoms. The van der Waals surface area contributed by atoms with Crippen LogP contribution in [0, 0.1) is 12.8 Å². The molecule has 1 saturated heterocycles. The van der Waals surface area contributed by atoms with Crippen molar-refractivity contribution >= 4 is 11.8 Å². The lowest BCUT2D eigenvalue weighted by molar-refractivity contribution is -0.121. The Morgan fingerprint density at radius 3 is 2.65 bits per heavy atom. The van der Waals surface area contributed by atoms with Crippen LogP contribution in [0.25, 0.3) is 0 Å². The molecule has 1 aliphatic heterocycles. The Bertz CT molecular complexity index is 627. The molecule has 2 amide bonds. The van der Waals surface area contributed by atoms with Crippen LogP contribution in [0.2, 0.25) is 0 Å². The SMILES string of the molecule is Cc1ccccc1C(=O)NCCC(=O)NCC(C)(C)N1CCCC(C)C1. The molecule has 1 atom stereocenters. The van der Waals surface area contributed by atoms with Crippen molar-refractivity contribution in [2.24, 2.45) is 5.92 Å². The van der Waals surface area contributed by atoms with Crippen LogP contribution in [0.1, 0.15) is 56.0 Å². The summed E-state index contributed by atoms with van der Waals surface area (Å²) in [6.07, 6.45) is 2.81. The molecule has 0 saturated carbocycles. The summed E-state index contributed by atoms with van der Waals surface area (Å²) in [5.41, 5.74) is 1.55. The number of carbonyl (C=O) groups is 2. The maximum atomic E-state index is 12.2. The van der Waals surface area contributed by atoms with Gasteiger partial charge in [-0.1, -0.05) is 25.1 Å². The molecule has 144 valence electrons. The minimum Gasteiger partial charge on any atom is -0.354 e. The molecule has 1 unspecified atom stereocenters. The highest BCUT2D eigenvalue weighted by atomic mass is 16.2. The Morgan fingerprint density at radius 2 is 1.96 bits per heavy atom. The number of rotatable bonds is 7. The first kappa shape index (κ1) is 20.4. The number of piperidine rings is 1. The Kier molecular flexibility index (Phi) is 7.21. The summed E-state index contributed by atoms with van der Waals surface area (Å²) in [5.74, 6) is 0.571. The number of nitrogens with one attached hydrogen (secondary N) is 2. The van der Waals surface area contributed by atoms with Crippen molar-refractivity contribution in [1.82, 2.24) is 15.5 Å². The maximum Gasteiger partial charge on any atom is 0.251 e. The Labute approximate surface area is 157 Å². The summed E-state index contributed by atoms with van der Waals surface area (Å²) < 4.78 is 0. The molecule has 5 nitrogen and oxygen atoms in total. The van der Waals surface area contributed by atoms with Gasteiger partial charge in [0, 0.05) is 37.2 Å². The van der Waals surface area contributed by atoms with Gasteiger partial charge in [-0.25, -0.2) is 0 Å². The van der Waals surface area contributed by atoms with Crippen molar-refractivity contribution in [3.8, 4) is 0 Å². The van der Waals surface area contributed by atoms with E-state index in [9.17, 15) is 9.59 Å². The average molecular weight is 360 g/mol. The van der Waals surface area contributed by atoms with E-state index in [0.29, 0.717) is 25.1 Å². The van der Waals surface area contributed by atoms with Gasteiger partial charge in [-0.05, 0) is 57.7 Å². The molecule has 0 bridgehead atoms. The third-order valence-corrected chi connectivity index (χ3v) is 5.26. The van der Waals surface area contributed by atoms with E-state index in [-0.39, 0.29) is 17.4 Å². The highest BCUT2D eigenvalue weighted by Gasteiger charge is 2.30. The zero-order valence-electron chi connectivity index (χ0n) is 16.6. The third-order valence-electron chi connectivity index (χ3n) is 5.26. The van der Waals surface area contributed by atoms with Gasteiger partial charge in [-0.3, -0.25) is 14.5 Å². The summed E-state index contributed by atoms with van der Waals surface area (Å²) in [5, 5.41) is 5.85. The number of hydrogen-bond acceptors (Lipinski definition) is 3. The van der Waals surface area contributed by atoms with E-state index in [4.69, 9.17) is 0 Å². The van der Waals surface area contributed by atoms with E-state index in [2.05, 4.69) is 36.3 Å². The Morgan fingerprint density at radius 1 is 1.23 bits per heavy atom. The van der Waals surface area contributed by atoms with Gasteiger partial charge in [0.1, 0.15) is 0 Å². The van der Waals surface area contributed by atoms with Gasteiger partial charge in [0.25, 0.3) is 5.91 Å². The number of carbonyl (C=O) groups excluding carboxylic acids is 2. The van der Waals surface area contributed by atoms with Crippen molar-refractivity contribution < 1.29 is 9.59 Å². The molecule has 0 radical (unpaired) electrons. The molecule has 1 aliphatic rings. The van der Waals surface area contributed by atoms with E-state index in [1.54, 1.807) is 6.07 Å². The summed E-state index contributed by atoms with van der Waals surface area (Å²) in [7, 11) is 0. The quantitative estimate of drug-likeness (QED) is 0.787. The van der Waals surface area contributed by atoms with Gasteiger partial charge in [-0.15, -0.1) is 0 Å². The third kappa shape index (κ3) is 5.84. The molecule has 0 aromatic heterocycles. The molecule has 5 heteroatoms. The van der Waals surface area contributed by atoms with Crippen LogP contribution in [0.4, 0.5) is 0 Å². The highest BCUT2D eigenvalue weighted by molar-refractivity contribution is 5.95. The Balaban J connectivity index is 1.71. The zero-order valence-corrected chi connectivity index (χ0v) is 16.6. The van der Waals surface area contributed by atoms with E-state index < -0.39 is 0 Å². The fourth-order valence-corrected chi connectivity index (χ4v) is 3.47. The van der Waals surface area contributed by atoms with Crippen LogP contribution in [-0.2, 0) is 4.79 Å². The zero-order chi connectivity index (χ0) is 19.2. The summed E-state index contributed by atoms with van der Waals surface area (Å²) >= 11 is 0. The van der Waals surface area contributed by atoms with E-state index in [1.807, 2.05) is 25.1 Å². The Hall–Kier alpha value is -1.88. The normalized spacial score (nSPS) is 18.4. The van der Waals surface area contributed by atoms with Gasteiger partial charge in [-0.2, -0.15) is 0 Å². The molecule has 2 rings (SSSR count). The first-order chi connectivity index (χ1) is 12.3. The second-order valence-electron chi connectivity index (χ2n) is 8.10. The van der Waals surface area contributed by atoms with Gasteiger partial charge in [0.05, 0.1) is 0 Å². The van der Waals surface area contributed by atoms with Gasteiger partial charge in [0.2, 0.25) is 5.91 Å². The van der Waals surface area contributed by atoms with Crippen molar-refractivity contribution in [1.29, 1.82) is 0 Å². The first-order valence-corrected chi connectivity index (χ1v) is 9.65. The molecule has 1 aromatic carbocycles. The largest absolute Gasteiger partial charge is 0.354 e. The minimum atomic E-state index is -0.126. The number of hydrogen-bond donors (Lipinski definition) is 2. The van der Waals surface area contributed by atoms with Crippen LogP contribution in [0.3, 0.4) is 0 Å². The standard InChI is InChI=1S/C21H33N3O2/c1-16-8-7-13-24(14-16)21(3,4)15-23-19(25)11-12-22-20(26)18-10-6-5-9-17(18)2/h5-6,9-10,16H,7-8,11-15H2,1-4H3,(H,22,26)(H,23,25). The summed E-state index contributed by atoms with van der Waals surface area (Å²) in [6, 6.07) is 7.46. The van der Waals surface area contributed by atoms with Crippen LogP contribution in [0.15, 0.2) is 24.3 Å².